The van der Waals surface area contributed by atoms with E-state index in [-0.39, 0.29) is 28.9 Å². The van der Waals surface area contributed by atoms with Crippen LogP contribution in [-0.4, -0.2) is 76.3 Å². The fourth-order valence-electron chi connectivity index (χ4n) is 4.22. The average molecular weight is 517 g/mol. The predicted octanol–water partition coefficient (Wildman–Crippen LogP) is 3.32. The smallest absolute Gasteiger partial charge is 0.286 e. The van der Waals surface area contributed by atoms with Crippen molar-refractivity contribution in [2.45, 2.75) is 69.0 Å². The van der Waals surface area contributed by atoms with Crippen molar-refractivity contribution in [2.24, 2.45) is 5.92 Å². The number of benzene rings is 1. The molecule has 1 aromatic carbocycles. The van der Waals surface area contributed by atoms with Gasteiger partial charge in [0.25, 0.3) is 17.0 Å². The zero-order chi connectivity index (χ0) is 26.5. The van der Waals surface area contributed by atoms with Crippen LogP contribution in [0.15, 0.2) is 40.0 Å². The molecule has 2 aromatic rings. The highest BCUT2D eigenvalue weighted by Gasteiger charge is 2.47. The monoisotopic (exact) mass is 516 g/mol. The van der Waals surface area contributed by atoms with Crippen LogP contribution in [0, 0.1) is 5.92 Å². The van der Waals surface area contributed by atoms with Gasteiger partial charge in [-0.15, -0.1) is 10.2 Å². The number of quaternary nitrogens is 1. The summed E-state index contributed by atoms with van der Waals surface area (Å²) in [5, 5.41) is 14.4. The van der Waals surface area contributed by atoms with Crippen molar-refractivity contribution in [3.63, 3.8) is 0 Å². The number of rotatable bonds is 10. The van der Waals surface area contributed by atoms with Gasteiger partial charge in [0.15, 0.2) is 0 Å². The number of amides is 2. The van der Waals surface area contributed by atoms with Crippen molar-refractivity contribution in [2.75, 3.05) is 27.2 Å². The van der Waals surface area contributed by atoms with E-state index < -0.39 is 17.4 Å². The highest BCUT2D eigenvalue weighted by molar-refractivity contribution is 7.99. The summed E-state index contributed by atoms with van der Waals surface area (Å²) in [6.07, 6.45) is 1.33. The number of ketones is 1. The van der Waals surface area contributed by atoms with Gasteiger partial charge in [0.2, 0.25) is 11.7 Å². The Morgan fingerprint density at radius 2 is 1.69 bits per heavy atom. The number of carbonyl (C=O) groups excluding carboxylic acids is 3. The summed E-state index contributed by atoms with van der Waals surface area (Å²) < 4.78 is 6.34. The molecule has 2 amide bonds. The number of nitrogens with zero attached hydrogens (tertiary/aromatic N) is 3. The first-order valence-corrected chi connectivity index (χ1v) is 13.3. The molecule has 3 rings (SSSR count). The summed E-state index contributed by atoms with van der Waals surface area (Å²) in [6, 6.07) is 8.01. The molecule has 1 atom stereocenters. The summed E-state index contributed by atoms with van der Waals surface area (Å²) in [6.45, 7) is 9.37. The zero-order valence-electron chi connectivity index (χ0n) is 22.0. The summed E-state index contributed by atoms with van der Waals surface area (Å²) in [4.78, 5) is 40.3. The minimum absolute atomic E-state index is 0.118. The Kier molecular flexibility index (Phi) is 8.94. The van der Waals surface area contributed by atoms with Gasteiger partial charge in [-0.3, -0.25) is 14.4 Å². The molecule has 36 heavy (non-hydrogen) atoms. The minimum Gasteiger partial charge on any atom is -0.408 e. The van der Waals surface area contributed by atoms with Crippen LogP contribution in [0.2, 0.25) is 0 Å². The second-order valence-corrected chi connectivity index (χ2v) is 12.4. The Labute approximate surface area is 217 Å². The van der Waals surface area contributed by atoms with E-state index in [0.29, 0.717) is 43.1 Å². The lowest BCUT2D eigenvalue weighted by Crippen LogP contribution is -2.67. The Bertz CT molecular complexity index is 1060. The van der Waals surface area contributed by atoms with Gasteiger partial charge in [-0.1, -0.05) is 57.7 Å². The molecule has 0 spiro atoms. The third kappa shape index (κ3) is 7.16. The first-order valence-electron chi connectivity index (χ1n) is 12.5. The topological polar surface area (TPSA) is 114 Å². The third-order valence-corrected chi connectivity index (χ3v) is 7.23. The van der Waals surface area contributed by atoms with Gasteiger partial charge in [-0.25, -0.2) is 0 Å². The summed E-state index contributed by atoms with van der Waals surface area (Å²) >= 11 is 1.37. The molecule has 1 fully saturated rings. The zero-order valence-corrected chi connectivity index (χ0v) is 22.9. The fourth-order valence-corrected chi connectivity index (χ4v) is 4.84. The van der Waals surface area contributed by atoms with Crippen LogP contribution in [0.1, 0.15) is 68.0 Å². The molecule has 9 nitrogen and oxygen atoms in total. The molecule has 196 valence electrons. The van der Waals surface area contributed by atoms with Gasteiger partial charge in [0.1, 0.15) is 5.54 Å². The van der Waals surface area contributed by atoms with E-state index in [4.69, 9.17) is 4.42 Å². The van der Waals surface area contributed by atoms with Crippen LogP contribution in [0.25, 0.3) is 0 Å². The molecule has 1 aromatic heterocycles. The number of carbonyl (C=O) groups is 3. The van der Waals surface area contributed by atoms with Crippen LogP contribution in [0.3, 0.4) is 0 Å². The highest BCUT2D eigenvalue weighted by atomic mass is 32.2. The lowest BCUT2D eigenvalue weighted by atomic mass is 9.84. The number of hydrogen-bond acceptors (Lipinski definition) is 7. The first-order chi connectivity index (χ1) is 16.9. The van der Waals surface area contributed by atoms with Gasteiger partial charge >= 0.3 is 0 Å². The number of likely N-dealkylation sites (tertiary alicyclic amines) is 1. The van der Waals surface area contributed by atoms with Crippen molar-refractivity contribution >= 4 is 29.4 Å². The van der Waals surface area contributed by atoms with E-state index in [1.165, 1.54) is 11.8 Å². The Morgan fingerprint density at radius 3 is 2.28 bits per heavy atom. The Morgan fingerprint density at radius 1 is 1.06 bits per heavy atom. The molecule has 0 aliphatic carbocycles. The molecular formula is C26H38N5O4S+. The maximum Gasteiger partial charge on any atom is 0.286 e. The second-order valence-electron chi connectivity index (χ2n) is 10.8. The molecule has 10 heteroatoms. The van der Waals surface area contributed by atoms with Gasteiger partial charge in [0.05, 0.1) is 33.2 Å². The third-order valence-electron chi connectivity index (χ3n) is 6.39. The molecule has 0 unspecified atom stereocenters. The minimum atomic E-state index is -1.12. The van der Waals surface area contributed by atoms with E-state index in [0.717, 1.165) is 4.48 Å². The van der Waals surface area contributed by atoms with Crippen LogP contribution in [-0.2, 0) is 4.79 Å². The van der Waals surface area contributed by atoms with Crippen LogP contribution < -0.4 is 10.6 Å². The molecule has 2 N–H and O–H groups in total. The fraction of sp³-hybridized carbons (Fsp3) is 0.577. The Balaban J connectivity index is 1.84. The second kappa shape index (κ2) is 11.6. The van der Waals surface area contributed by atoms with Gasteiger partial charge in [0, 0.05) is 23.7 Å². The quantitative estimate of drug-likeness (QED) is 0.283. The van der Waals surface area contributed by atoms with E-state index >= 15 is 0 Å². The molecular weight excluding hydrogens is 478 g/mol. The van der Waals surface area contributed by atoms with Gasteiger partial charge < -0.3 is 19.5 Å². The molecule has 0 saturated carbocycles. The van der Waals surface area contributed by atoms with Gasteiger partial charge in [-0.2, -0.15) is 0 Å². The normalized spacial score (nSPS) is 17.6. The van der Waals surface area contributed by atoms with E-state index in [9.17, 15) is 14.4 Å². The summed E-state index contributed by atoms with van der Waals surface area (Å²) in [5.41, 5.74) is -0.635. The summed E-state index contributed by atoms with van der Waals surface area (Å²) in [7, 11) is 4.21. The lowest BCUT2D eigenvalue weighted by molar-refractivity contribution is -0.896. The highest BCUT2D eigenvalue weighted by Crippen LogP contribution is 2.27. The van der Waals surface area contributed by atoms with Crippen molar-refractivity contribution < 1.29 is 23.3 Å². The van der Waals surface area contributed by atoms with E-state index in [1.54, 1.807) is 24.3 Å². The number of nitrogens with one attached hydrogen (secondary N) is 2. The lowest BCUT2D eigenvalue weighted by Gasteiger charge is -2.44. The maximum absolute atomic E-state index is 13.8. The number of thioether (sulfide) groups is 1. The van der Waals surface area contributed by atoms with Gasteiger partial charge in [-0.05, 0) is 24.5 Å². The molecule has 0 bridgehead atoms. The number of hydrogen-bond donors (Lipinski definition) is 2. The SMILES string of the molecule is CC(C)C[C@H](NC(=O)C1(NC(=O)c2ccccc2)CC[N+](C)(C)CC1)C(=O)c1nnc(SC(C)C)o1. The van der Waals surface area contributed by atoms with E-state index in [2.05, 4.69) is 34.9 Å². The van der Waals surface area contributed by atoms with Crippen molar-refractivity contribution in [3.8, 4) is 0 Å². The van der Waals surface area contributed by atoms with E-state index in [1.807, 2.05) is 33.8 Å². The summed E-state index contributed by atoms with van der Waals surface area (Å²) in [5.74, 6) is -1.08. The first kappa shape index (κ1) is 27.9. The molecule has 2 heterocycles. The van der Waals surface area contributed by atoms with Crippen LogP contribution in [0.5, 0.6) is 0 Å². The largest absolute Gasteiger partial charge is 0.408 e. The molecule has 1 saturated heterocycles. The van der Waals surface area contributed by atoms with Crippen molar-refractivity contribution in [1.29, 1.82) is 0 Å². The van der Waals surface area contributed by atoms with Crippen LogP contribution in [0.4, 0.5) is 0 Å². The average Bonchev–Trinajstić information content (AvgIpc) is 3.27. The maximum atomic E-state index is 13.8. The molecule has 1 aliphatic rings. The number of Topliss-reactive ketones (excluding diaryl/α,β-unsaturated/α-hetero) is 1. The predicted molar refractivity (Wildman–Crippen MR) is 139 cm³/mol. The Hall–Kier alpha value is -2.72. The van der Waals surface area contributed by atoms with Crippen LogP contribution >= 0.6 is 11.8 Å². The molecule has 1 aliphatic heterocycles. The van der Waals surface area contributed by atoms with Crippen molar-refractivity contribution in [1.82, 2.24) is 20.8 Å². The standard InChI is InChI=1S/C26H37N5O4S/c1-17(2)16-20(21(32)23-29-30-25(35-23)36-18(3)4)27-24(34)26(12-14-31(5,6)15-13-26)28-22(33)19-10-8-7-9-11-19/h7-11,17-18,20H,12-16H2,1-6H3,(H-,27,28,33,34)/p+1/t20-/m0/s1. The number of aromatic nitrogens is 2. The molecule has 0 radical (unpaired) electrons. The van der Waals surface area contributed by atoms with Crippen molar-refractivity contribution in [3.05, 3.63) is 41.8 Å². The number of piperidine rings is 1.